The quantitative estimate of drug-likeness (QED) is 0.560. The van der Waals surface area contributed by atoms with Crippen molar-refractivity contribution in [3.8, 4) is 0 Å². The molecule has 1 saturated carbocycles. The Balaban J connectivity index is 1.53. The maximum atomic E-state index is 5.76. The molecule has 0 unspecified atom stereocenters. The van der Waals surface area contributed by atoms with Crippen LogP contribution in [-0.4, -0.2) is 30.2 Å². The number of nitrogens with two attached hydrogens (primary N) is 1. The molecule has 0 radical (unpaired) electrons. The average molecular weight is 287 g/mol. The zero-order chi connectivity index (χ0) is 13.5. The normalized spacial score (nSPS) is 15.0. The zero-order valence-corrected chi connectivity index (χ0v) is 11.5. The minimum absolute atomic E-state index is 0.496. The van der Waals surface area contributed by atoms with E-state index in [1.165, 1.54) is 12.8 Å². The van der Waals surface area contributed by atoms with Gasteiger partial charge in [-0.25, -0.2) is 9.67 Å². The van der Waals surface area contributed by atoms with Crippen LogP contribution in [0.25, 0.3) is 11.0 Å². The van der Waals surface area contributed by atoms with E-state index >= 15 is 0 Å². The van der Waals surface area contributed by atoms with Crippen molar-refractivity contribution < 1.29 is 0 Å². The molecule has 8 heteroatoms. The van der Waals surface area contributed by atoms with Gasteiger partial charge in [0.1, 0.15) is 0 Å². The molecule has 20 heavy (non-hydrogen) atoms. The smallest absolute Gasteiger partial charge is 0.166 e. The SMILES string of the molecule is Nc1ccc2nc(SCc3nnnn3C3CC3)[nH]c2c1. The highest BCUT2D eigenvalue weighted by molar-refractivity contribution is 7.98. The second-order valence-electron chi connectivity index (χ2n) is 4.88. The number of rotatable bonds is 4. The average Bonchev–Trinajstić information content (AvgIpc) is 3.03. The summed E-state index contributed by atoms with van der Waals surface area (Å²) in [6, 6.07) is 6.15. The molecule has 2 heterocycles. The topological polar surface area (TPSA) is 98.3 Å². The summed E-state index contributed by atoms with van der Waals surface area (Å²) in [5.74, 6) is 1.61. The van der Waals surface area contributed by atoms with Crippen LogP contribution in [0.5, 0.6) is 0 Å². The molecule has 0 spiro atoms. The largest absolute Gasteiger partial charge is 0.399 e. The molecule has 102 valence electrons. The van der Waals surface area contributed by atoms with Gasteiger partial charge in [-0.2, -0.15) is 0 Å². The first-order chi connectivity index (χ1) is 9.79. The molecule has 3 aromatic rings. The van der Waals surface area contributed by atoms with Crippen LogP contribution in [0.4, 0.5) is 5.69 Å². The number of H-pyrrole nitrogens is 1. The molecule has 0 aliphatic heterocycles. The van der Waals surface area contributed by atoms with Crippen LogP contribution in [0.1, 0.15) is 24.7 Å². The van der Waals surface area contributed by atoms with Gasteiger partial charge in [0.05, 0.1) is 22.8 Å². The van der Waals surface area contributed by atoms with Crippen LogP contribution in [0.15, 0.2) is 23.4 Å². The first-order valence-electron chi connectivity index (χ1n) is 6.44. The monoisotopic (exact) mass is 287 g/mol. The van der Waals surface area contributed by atoms with Crippen molar-refractivity contribution in [1.29, 1.82) is 0 Å². The lowest BCUT2D eigenvalue weighted by Gasteiger charge is -2.00. The fourth-order valence-corrected chi connectivity index (χ4v) is 2.92. The minimum atomic E-state index is 0.496. The highest BCUT2D eigenvalue weighted by Gasteiger charge is 2.27. The van der Waals surface area contributed by atoms with Gasteiger partial charge < -0.3 is 10.7 Å². The van der Waals surface area contributed by atoms with Crippen LogP contribution >= 0.6 is 11.8 Å². The molecule has 0 atom stereocenters. The van der Waals surface area contributed by atoms with E-state index in [9.17, 15) is 0 Å². The number of fused-ring (bicyclic) bond motifs is 1. The van der Waals surface area contributed by atoms with Crippen LogP contribution in [0.2, 0.25) is 0 Å². The van der Waals surface area contributed by atoms with Crippen molar-refractivity contribution in [2.24, 2.45) is 0 Å². The Kier molecular flexibility index (Phi) is 2.62. The fourth-order valence-electron chi connectivity index (χ4n) is 2.12. The molecule has 4 rings (SSSR count). The van der Waals surface area contributed by atoms with Gasteiger partial charge in [-0.05, 0) is 41.5 Å². The Hall–Kier alpha value is -2.09. The van der Waals surface area contributed by atoms with E-state index in [0.717, 1.165) is 27.7 Å². The first kappa shape index (κ1) is 11.7. The number of anilines is 1. The van der Waals surface area contributed by atoms with E-state index in [4.69, 9.17) is 5.73 Å². The molecule has 0 bridgehead atoms. The Morgan fingerprint density at radius 2 is 2.30 bits per heavy atom. The number of tetrazole rings is 1. The zero-order valence-electron chi connectivity index (χ0n) is 10.7. The summed E-state index contributed by atoms with van der Waals surface area (Å²) in [5.41, 5.74) is 8.36. The molecule has 0 amide bonds. The number of hydrogen-bond acceptors (Lipinski definition) is 6. The number of nitrogen functional groups attached to an aromatic ring is 1. The van der Waals surface area contributed by atoms with E-state index in [1.54, 1.807) is 11.8 Å². The number of nitrogens with one attached hydrogen (secondary N) is 1. The molecule has 1 aliphatic rings. The van der Waals surface area contributed by atoms with Crippen LogP contribution in [-0.2, 0) is 5.75 Å². The fraction of sp³-hybridized carbons (Fsp3) is 0.333. The van der Waals surface area contributed by atoms with Gasteiger partial charge >= 0.3 is 0 Å². The number of benzene rings is 1. The molecular formula is C12H13N7S. The Morgan fingerprint density at radius 1 is 1.40 bits per heavy atom. The van der Waals surface area contributed by atoms with Gasteiger partial charge in [0, 0.05) is 5.69 Å². The van der Waals surface area contributed by atoms with Crippen molar-refractivity contribution in [2.45, 2.75) is 29.8 Å². The summed E-state index contributed by atoms with van der Waals surface area (Å²) in [4.78, 5) is 7.77. The third-order valence-electron chi connectivity index (χ3n) is 3.28. The van der Waals surface area contributed by atoms with Crippen molar-refractivity contribution in [1.82, 2.24) is 30.2 Å². The Bertz CT molecular complexity index is 758. The first-order valence-corrected chi connectivity index (χ1v) is 7.43. The van der Waals surface area contributed by atoms with Gasteiger partial charge in [-0.15, -0.1) is 5.10 Å². The minimum Gasteiger partial charge on any atom is -0.399 e. The summed E-state index contributed by atoms with van der Waals surface area (Å²) in [6.07, 6.45) is 2.35. The number of thioether (sulfide) groups is 1. The van der Waals surface area contributed by atoms with Crippen molar-refractivity contribution in [2.75, 3.05) is 5.73 Å². The molecule has 1 aliphatic carbocycles. The molecule has 1 fully saturated rings. The number of aromatic amines is 1. The maximum absolute atomic E-state index is 5.76. The van der Waals surface area contributed by atoms with E-state index in [2.05, 4.69) is 25.5 Å². The Morgan fingerprint density at radius 3 is 3.15 bits per heavy atom. The van der Waals surface area contributed by atoms with E-state index in [1.807, 2.05) is 22.9 Å². The van der Waals surface area contributed by atoms with E-state index in [0.29, 0.717) is 11.8 Å². The summed E-state index contributed by atoms with van der Waals surface area (Å²) in [7, 11) is 0. The van der Waals surface area contributed by atoms with Crippen molar-refractivity contribution in [3.63, 3.8) is 0 Å². The van der Waals surface area contributed by atoms with Gasteiger partial charge in [-0.3, -0.25) is 0 Å². The Labute approximate surface area is 118 Å². The molecular weight excluding hydrogens is 274 g/mol. The predicted octanol–water partition coefficient (Wildman–Crippen LogP) is 1.76. The molecule has 1 aromatic carbocycles. The molecule has 0 saturated heterocycles. The number of aromatic nitrogens is 6. The third-order valence-corrected chi connectivity index (χ3v) is 4.15. The van der Waals surface area contributed by atoms with Crippen LogP contribution in [0, 0.1) is 0 Å². The molecule has 3 N–H and O–H groups in total. The maximum Gasteiger partial charge on any atom is 0.166 e. The summed E-state index contributed by atoms with van der Waals surface area (Å²) >= 11 is 1.60. The lowest BCUT2D eigenvalue weighted by atomic mass is 10.3. The highest BCUT2D eigenvalue weighted by atomic mass is 32.2. The second kappa shape index (κ2) is 4.48. The van der Waals surface area contributed by atoms with Crippen molar-refractivity contribution >= 4 is 28.5 Å². The summed E-state index contributed by atoms with van der Waals surface area (Å²) < 4.78 is 1.92. The predicted molar refractivity (Wildman–Crippen MR) is 76.2 cm³/mol. The van der Waals surface area contributed by atoms with Crippen LogP contribution < -0.4 is 5.73 Å². The molecule has 2 aromatic heterocycles. The second-order valence-corrected chi connectivity index (χ2v) is 5.84. The standard InChI is InChI=1S/C12H13N7S/c13-7-1-4-9-10(5-7)15-12(14-9)20-6-11-16-17-18-19(11)8-2-3-8/h1,4-5,8H,2-3,6,13H2,(H,14,15). The van der Waals surface area contributed by atoms with Gasteiger partial charge in [-0.1, -0.05) is 11.8 Å². The highest BCUT2D eigenvalue weighted by Crippen LogP contribution is 2.35. The summed E-state index contributed by atoms with van der Waals surface area (Å²) in [6.45, 7) is 0. The number of hydrogen-bond donors (Lipinski definition) is 2. The summed E-state index contributed by atoms with van der Waals surface area (Å²) in [5, 5.41) is 12.7. The van der Waals surface area contributed by atoms with Crippen molar-refractivity contribution in [3.05, 3.63) is 24.0 Å². The lowest BCUT2D eigenvalue weighted by Crippen LogP contribution is -2.02. The van der Waals surface area contributed by atoms with E-state index in [-0.39, 0.29) is 0 Å². The number of nitrogens with zero attached hydrogens (tertiary/aromatic N) is 5. The third kappa shape index (κ3) is 2.11. The van der Waals surface area contributed by atoms with Gasteiger partial charge in [0.15, 0.2) is 11.0 Å². The molecule has 7 nitrogen and oxygen atoms in total. The lowest BCUT2D eigenvalue weighted by molar-refractivity contribution is 0.593. The number of imidazole rings is 1. The van der Waals surface area contributed by atoms with Crippen LogP contribution in [0.3, 0.4) is 0 Å². The van der Waals surface area contributed by atoms with Gasteiger partial charge in [0.2, 0.25) is 0 Å². The van der Waals surface area contributed by atoms with Gasteiger partial charge in [0.25, 0.3) is 0 Å². The van der Waals surface area contributed by atoms with E-state index < -0.39 is 0 Å².